The predicted octanol–water partition coefficient (Wildman–Crippen LogP) is 2.58. The number of hydrogen-bond acceptors (Lipinski definition) is 6. The highest BCUT2D eigenvalue weighted by Crippen LogP contribution is 2.35. The number of aromatic nitrogens is 1. The normalized spacial score (nSPS) is 20.8. The molecule has 0 spiro atoms. The maximum Gasteiger partial charge on any atom is 0.296 e. The number of carbonyl (C=O) groups is 2. The van der Waals surface area contributed by atoms with Crippen LogP contribution in [0.1, 0.15) is 23.1 Å². The molecule has 1 fully saturated rings. The maximum absolute atomic E-state index is 12.6. The average Bonchev–Trinajstić information content (AvgIpc) is 3.07. The summed E-state index contributed by atoms with van der Waals surface area (Å²) in [5, 5.41) is 2.03. The van der Waals surface area contributed by atoms with Crippen molar-refractivity contribution in [1.29, 1.82) is 0 Å². The highest BCUT2D eigenvalue weighted by Gasteiger charge is 2.40. The molecule has 3 heterocycles. The summed E-state index contributed by atoms with van der Waals surface area (Å²) in [6, 6.07) is 9.05. The van der Waals surface area contributed by atoms with Crippen LogP contribution in [-0.4, -0.2) is 39.7 Å². The molecule has 0 saturated carbocycles. The molecule has 8 nitrogen and oxygen atoms in total. The van der Waals surface area contributed by atoms with Crippen molar-refractivity contribution in [2.75, 3.05) is 4.90 Å². The summed E-state index contributed by atoms with van der Waals surface area (Å²) in [4.78, 5) is 30.6. The number of amides is 2. The van der Waals surface area contributed by atoms with Gasteiger partial charge < -0.3 is 10.2 Å². The summed E-state index contributed by atoms with van der Waals surface area (Å²) in [6.07, 6.45) is 2.81. The van der Waals surface area contributed by atoms with Crippen molar-refractivity contribution in [3.05, 3.63) is 58.4 Å². The van der Waals surface area contributed by atoms with E-state index in [0.717, 1.165) is 34.1 Å². The van der Waals surface area contributed by atoms with Crippen molar-refractivity contribution in [3.8, 4) is 0 Å². The third-order valence-corrected chi connectivity index (χ3v) is 8.09. The van der Waals surface area contributed by atoms with Crippen molar-refractivity contribution in [3.63, 3.8) is 0 Å². The van der Waals surface area contributed by atoms with E-state index in [2.05, 4.69) is 10.3 Å². The fourth-order valence-corrected chi connectivity index (χ4v) is 5.94. The molecule has 0 bridgehead atoms. The van der Waals surface area contributed by atoms with Gasteiger partial charge in [-0.3, -0.25) is 14.1 Å². The van der Waals surface area contributed by atoms with Gasteiger partial charge >= 0.3 is 0 Å². The number of benzene rings is 1. The van der Waals surface area contributed by atoms with Crippen LogP contribution in [0.4, 0.5) is 5.69 Å². The number of fused-ring (bicyclic) bond motifs is 1. The number of anilines is 1. The molecule has 31 heavy (non-hydrogen) atoms. The number of rotatable bonds is 5. The summed E-state index contributed by atoms with van der Waals surface area (Å²) in [7, 11) is -4.37. The third kappa shape index (κ3) is 5.15. The van der Waals surface area contributed by atoms with Crippen molar-refractivity contribution < 1.29 is 22.6 Å². The highest BCUT2D eigenvalue weighted by atomic mass is 35.5. The zero-order valence-corrected chi connectivity index (χ0v) is 19.2. The number of hydrogen-bond donors (Lipinski definition) is 2. The van der Waals surface area contributed by atoms with Gasteiger partial charge in [0.2, 0.25) is 16.5 Å². The minimum Gasteiger partial charge on any atom is -0.328 e. The second-order valence-electron chi connectivity index (χ2n) is 7.07. The lowest BCUT2D eigenvalue weighted by Crippen LogP contribution is -2.35. The molecule has 2 aliphatic heterocycles. The molecule has 0 aliphatic carbocycles. The molecule has 2 unspecified atom stereocenters. The Hall–Kier alpha value is -1.85. The monoisotopic (exact) mass is 503 g/mol. The molecular weight excluding hydrogens is 485 g/mol. The predicted molar refractivity (Wildman–Crippen MR) is 121 cm³/mol. The fraction of sp³-hybridized carbons (Fsp3) is 0.316. The lowest BCUT2D eigenvalue weighted by atomic mass is 9.93. The van der Waals surface area contributed by atoms with E-state index in [1.54, 1.807) is 17.2 Å². The van der Waals surface area contributed by atoms with Crippen molar-refractivity contribution in [1.82, 2.24) is 10.3 Å². The van der Waals surface area contributed by atoms with Gasteiger partial charge in [-0.1, -0.05) is 29.8 Å². The van der Waals surface area contributed by atoms with Gasteiger partial charge in [0.25, 0.3) is 10.1 Å². The molecule has 2 atom stereocenters. The summed E-state index contributed by atoms with van der Waals surface area (Å²) in [5.74, 6) is -0.440. The van der Waals surface area contributed by atoms with E-state index >= 15 is 0 Å². The molecule has 2 amide bonds. The van der Waals surface area contributed by atoms with Gasteiger partial charge in [-0.15, -0.1) is 24.2 Å². The fourth-order valence-electron chi connectivity index (χ4n) is 3.65. The smallest absolute Gasteiger partial charge is 0.296 e. The summed E-state index contributed by atoms with van der Waals surface area (Å²) < 4.78 is 30.5. The highest BCUT2D eigenvalue weighted by molar-refractivity contribution is 8.12. The number of thioether (sulfide) groups is 1. The Labute approximate surface area is 194 Å². The van der Waals surface area contributed by atoms with Crippen LogP contribution < -0.4 is 10.2 Å². The standard InChI is InChI=1S/C19H18ClN3O5S2.ClH/c20-16-6-4-11(9-21-16)10-23-14-3-1-2-12(13(14)5-7-17(23)24)8-15-18(25)22-19(29-15)30(26,27)28;/h1-4,6,9,15,19H,5,7-8,10H2,(H,22,25)(H,26,27,28);1H. The van der Waals surface area contributed by atoms with Crippen LogP contribution in [0.15, 0.2) is 36.5 Å². The molecule has 1 aromatic carbocycles. The zero-order chi connectivity index (χ0) is 21.5. The summed E-state index contributed by atoms with van der Waals surface area (Å²) >= 11 is 6.71. The quantitative estimate of drug-likeness (QED) is 0.475. The lowest BCUT2D eigenvalue weighted by Gasteiger charge is -2.31. The largest absolute Gasteiger partial charge is 0.328 e. The number of nitrogens with zero attached hydrogens (tertiary/aromatic N) is 2. The van der Waals surface area contributed by atoms with Crippen LogP contribution in [0.5, 0.6) is 0 Å². The van der Waals surface area contributed by atoms with Crippen molar-refractivity contribution >= 4 is 63.4 Å². The first-order chi connectivity index (χ1) is 14.2. The lowest BCUT2D eigenvalue weighted by molar-refractivity contribution is -0.120. The Bertz CT molecular complexity index is 1110. The van der Waals surface area contributed by atoms with Crippen LogP contribution in [-0.2, 0) is 39.1 Å². The Kier molecular flexibility index (Phi) is 7.17. The first-order valence-electron chi connectivity index (χ1n) is 9.16. The van der Waals surface area contributed by atoms with E-state index in [-0.39, 0.29) is 18.3 Å². The zero-order valence-electron chi connectivity index (χ0n) is 16.0. The molecule has 1 saturated heterocycles. The van der Waals surface area contributed by atoms with E-state index in [1.807, 2.05) is 24.3 Å². The Morgan fingerprint density at radius 2 is 2.00 bits per heavy atom. The van der Waals surface area contributed by atoms with Gasteiger partial charge in [-0.25, -0.2) is 4.98 Å². The second kappa shape index (κ2) is 9.33. The Morgan fingerprint density at radius 1 is 1.23 bits per heavy atom. The van der Waals surface area contributed by atoms with Crippen molar-refractivity contribution in [2.24, 2.45) is 0 Å². The van der Waals surface area contributed by atoms with E-state index < -0.39 is 26.0 Å². The molecule has 2 aliphatic rings. The Morgan fingerprint density at radius 3 is 2.65 bits per heavy atom. The average molecular weight is 504 g/mol. The topological polar surface area (TPSA) is 117 Å². The van der Waals surface area contributed by atoms with Gasteiger partial charge in [0, 0.05) is 18.3 Å². The number of carbonyl (C=O) groups excluding carboxylic acids is 2. The molecular formula is C19H19Cl2N3O5S2. The molecule has 0 radical (unpaired) electrons. The number of pyridine rings is 1. The molecule has 2 N–H and O–H groups in total. The van der Waals surface area contributed by atoms with Crippen LogP contribution in [0.25, 0.3) is 0 Å². The molecule has 2 aromatic rings. The molecule has 4 rings (SSSR count). The third-order valence-electron chi connectivity index (χ3n) is 5.07. The molecule has 1 aromatic heterocycles. The molecule has 166 valence electrons. The summed E-state index contributed by atoms with van der Waals surface area (Å²) in [6.45, 7) is 0.350. The first-order valence-corrected chi connectivity index (χ1v) is 12.0. The first kappa shape index (κ1) is 23.8. The van der Waals surface area contributed by atoms with Crippen LogP contribution in [0.2, 0.25) is 5.15 Å². The van der Waals surface area contributed by atoms with E-state index in [9.17, 15) is 22.6 Å². The van der Waals surface area contributed by atoms with E-state index in [1.165, 1.54) is 0 Å². The van der Waals surface area contributed by atoms with Gasteiger partial charge in [-0.2, -0.15) is 8.42 Å². The minimum absolute atomic E-state index is 0. The van der Waals surface area contributed by atoms with E-state index in [4.69, 9.17) is 11.6 Å². The maximum atomic E-state index is 12.6. The van der Waals surface area contributed by atoms with Crippen LogP contribution >= 0.6 is 35.8 Å². The molecule has 12 heteroatoms. The van der Waals surface area contributed by atoms with E-state index in [0.29, 0.717) is 31.0 Å². The number of nitrogens with one attached hydrogen (secondary N) is 1. The van der Waals surface area contributed by atoms with Gasteiger partial charge in [-0.05, 0) is 41.7 Å². The summed E-state index contributed by atoms with van der Waals surface area (Å²) in [5.41, 5.74) is 3.45. The minimum atomic E-state index is -4.37. The van der Waals surface area contributed by atoms with Gasteiger partial charge in [0.05, 0.1) is 11.8 Å². The van der Waals surface area contributed by atoms with Gasteiger partial charge in [0.1, 0.15) is 5.15 Å². The number of halogens is 2. The SMILES string of the molecule is Cl.O=C1NC(S(=O)(=O)O)SC1Cc1cccc2c1CCC(=O)N2Cc1ccc(Cl)nc1. The van der Waals surface area contributed by atoms with Crippen LogP contribution in [0, 0.1) is 0 Å². The Balaban J connectivity index is 0.00000272. The van der Waals surface area contributed by atoms with Gasteiger partial charge in [0.15, 0.2) is 0 Å². The van der Waals surface area contributed by atoms with Crippen molar-refractivity contribution in [2.45, 2.75) is 35.8 Å². The van der Waals surface area contributed by atoms with Crippen LogP contribution in [0.3, 0.4) is 0 Å². The second-order valence-corrected chi connectivity index (χ2v) is 10.6.